The van der Waals surface area contributed by atoms with Crippen molar-refractivity contribution in [2.45, 2.75) is 43.1 Å². The number of amides is 1. The molecule has 0 bridgehead atoms. The third-order valence-corrected chi connectivity index (χ3v) is 9.55. The van der Waals surface area contributed by atoms with Gasteiger partial charge in [0.15, 0.2) is 12.5 Å². The molecule has 2 N–H and O–H groups in total. The largest absolute Gasteiger partial charge is 0.618 e. The van der Waals surface area contributed by atoms with Crippen molar-refractivity contribution in [2.75, 3.05) is 5.75 Å². The molecule has 1 saturated heterocycles. The number of aliphatic hydroxyl groups excluding tert-OH is 1. The maximum atomic E-state index is 12.8. The van der Waals surface area contributed by atoms with E-state index in [1.165, 1.54) is 24.2 Å². The Balaban J connectivity index is 1.04. The lowest BCUT2D eigenvalue weighted by molar-refractivity contribution is -0.645. The number of hydrogen-bond acceptors (Lipinski definition) is 8. The highest BCUT2D eigenvalue weighted by molar-refractivity contribution is 7.99. The van der Waals surface area contributed by atoms with Crippen LogP contribution in [-0.2, 0) is 22.6 Å². The number of rotatable bonds is 10. The van der Waals surface area contributed by atoms with E-state index in [2.05, 4.69) is 21.4 Å². The Labute approximate surface area is 288 Å². The molecule has 10 heteroatoms. The zero-order chi connectivity index (χ0) is 33.6. The standard InChI is InChI=1S/C39H34N4O5S/c44-24-26-11-13-29(14-12-26)36-21-32(25-49-37-10-3-4-19-43(37)46)47-39(48-36)30-17-15-28(16-18-30)31-7-5-6-27(20-31)22-41-38(45)35-23-40-33-8-1-2-9-34(33)42-35/h1-20,23,32,36,39,44H,21-22,24-25H2,(H,41,45)/t32-,36+,39+/m0/s1. The smallest absolute Gasteiger partial charge is 0.271 e. The van der Waals surface area contributed by atoms with E-state index in [4.69, 9.17) is 9.47 Å². The number of para-hydroxylation sites is 2. The van der Waals surface area contributed by atoms with Gasteiger partial charge in [0, 0.05) is 36.4 Å². The lowest BCUT2D eigenvalue weighted by Crippen LogP contribution is -2.32. The first-order valence-corrected chi connectivity index (χ1v) is 17.0. The maximum Gasteiger partial charge on any atom is 0.271 e. The van der Waals surface area contributed by atoms with E-state index >= 15 is 0 Å². The summed E-state index contributed by atoms with van der Waals surface area (Å²) in [4.78, 5) is 21.6. The van der Waals surface area contributed by atoms with Gasteiger partial charge >= 0.3 is 0 Å². The van der Waals surface area contributed by atoms with Crippen LogP contribution in [0.4, 0.5) is 0 Å². The molecule has 49 heavy (non-hydrogen) atoms. The van der Waals surface area contributed by atoms with Crippen LogP contribution in [0.25, 0.3) is 22.2 Å². The number of hydrogen-bond donors (Lipinski definition) is 2. The second-order valence-corrected chi connectivity index (χ2v) is 12.8. The van der Waals surface area contributed by atoms with Gasteiger partial charge in [-0.15, -0.1) is 0 Å². The number of fused-ring (bicyclic) bond motifs is 1. The molecular weight excluding hydrogens is 637 g/mol. The zero-order valence-corrected chi connectivity index (χ0v) is 27.3. The van der Waals surface area contributed by atoms with Crippen molar-refractivity contribution < 1.29 is 24.1 Å². The molecule has 7 rings (SSSR count). The van der Waals surface area contributed by atoms with Crippen molar-refractivity contribution in [3.8, 4) is 11.1 Å². The maximum absolute atomic E-state index is 12.8. The molecule has 1 aliphatic rings. The Kier molecular flexibility index (Phi) is 9.90. The number of aromatic nitrogens is 3. The van der Waals surface area contributed by atoms with Crippen molar-refractivity contribution in [3.63, 3.8) is 0 Å². The van der Waals surface area contributed by atoms with Crippen LogP contribution in [0.2, 0.25) is 0 Å². The molecule has 9 nitrogen and oxygen atoms in total. The first-order chi connectivity index (χ1) is 24.0. The number of thioether (sulfide) groups is 1. The summed E-state index contributed by atoms with van der Waals surface area (Å²) in [6.45, 7) is 0.325. The normalized spacial score (nSPS) is 17.5. The highest BCUT2D eigenvalue weighted by atomic mass is 32.2. The fourth-order valence-electron chi connectivity index (χ4n) is 5.76. The van der Waals surface area contributed by atoms with Gasteiger partial charge in [0.05, 0.1) is 36.0 Å². The molecule has 3 heterocycles. The number of ether oxygens (including phenoxy) is 2. The number of aliphatic hydroxyl groups is 1. The summed E-state index contributed by atoms with van der Waals surface area (Å²) >= 11 is 1.46. The minimum Gasteiger partial charge on any atom is -0.618 e. The third-order valence-electron chi connectivity index (χ3n) is 8.40. The van der Waals surface area contributed by atoms with Gasteiger partial charge in [0.1, 0.15) is 5.69 Å². The van der Waals surface area contributed by atoms with Gasteiger partial charge in [-0.1, -0.05) is 90.6 Å². The highest BCUT2D eigenvalue weighted by Crippen LogP contribution is 2.39. The van der Waals surface area contributed by atoms with E-state index < -0.39 is 6.29 Å². The number of carbonyl (C=O) groups excluding carboxylic acids is 1. The Hall–Kier alpha value is -5.13. The fourth-order valence-corrected chi connectivity index (χ4v) is 6.69. The number of nitrogens with zero attached hydrogens (tertiary/aromatic N) is 3. The molecule has 0 unspecified atom stereocenters. The molecule has 1 aliphatic heterocycles. The van der Waals surface area contributed by atoms with E-state index in [-0.39, 0.29) is 30.4 Å². The van der Waals surface area contributed by atoms with Gasteiger partial charge in [-0.25, -0.2) is 4.98 Å². The third kappa shape index (κ3) is 7.79. The summed E-state index contributed by atoms with van der Waals surface area (Å²) < 4.78 is 13.8. The van der Waals surface area contributed by atoms with Gasteiger partial charge in [-0.3, -0.25) is 9.78 Å². The fraction of sp³-hybridized carbons (Fsp3) is 0.179. The van der Waals surface area contributed by atoms with Crippen molar-refractivity contribution in [1.29, 1.82) is 0 Å². The topological polar surface area (TPSA) is 121 Å². The van der Waals surface area contributed by atoms with Crippen LogP contribution in [0.5, 0.6) is 0 Å². The van der Waals surface area contributed by atoms with Gasteiger partial charge < -0.3 is 25.1 Å². The number of benzene rings is 4. The monoisotopic (exact) mass is 670 g/mol. The second-order valence-electron chi connectivity index (χ2n) is 11.8. The SMILES string of the molecule is O=C(NCc1cccc(-c2ccc([C@@H]3O[C@H](CSc4cccc[n+]4[O-])C[C@H](c4ccc(CO)cc4)O3)cc2)c1)c1cnc2ccccc2n1. The summed E-state index contributed by atoms with van der Waals surface area (Å²) in [5.41, 5.74) is 7.40. The molecule has 1 amide bonds. The van der Waals surface area contributed by atoms with Crippen molar-refractivity contribution in [1.82, 2.24) is 15.3 Å². The first kappa shape index (κ1) is 32.4. The van der Waals surface area contributed by atoms with Gasteiger partial charge in [-0.2, -0.15) is 4.73 Å². The molecule has 2 aromatic heterocycles. The Bertz CT molecular complexity index is 2060. The van der Waals surface area contributed by atoms with Crippen LogP contribution in [0.15, 0.2) is 133 Å². The Morgan fingerprint density at radius 1 is 0.857 bits per heavy atom. The van der Waals surface area contributed by atoms with Crippen LogP contribution < -0.4 is 10.0 Å². The summed E-state index contributed by atoms with van der Waals surface area (Å²) in [5, 5.41) is 25.3. The molecule has 0 aliphatic carbocycles. The second kappa shape index (κ2) is 15.0. The van der Waals surface area contributed by atoms with Crippen LogP contribution >= 0.6 is 11.8 Å². The average Bonchev–Trinajstić information content (AvgIpc) is 3.16. The van der Waals surface area contributed by atoms with E-state index in [1.54, 1.807) is 12.1 Å². The number of nitrogens with one attached hydrogen (secondary N) is 1. The van der Waals surface area contributed by atoms with Crippen molar-refractivity contribution in [3.05, 3.63) is 161 Å². The predicted molar refractivity (Wildman–Crippen MR) is 187 cm³/mol. The van der Waals surface area contributed by atoms with Crippen LogP contribution in [0.1, 0.15) is 51.6 Å². The van der Waals surface area contributed by atoms with Crippen LogP contribution in [0.3, 0.4) is 0 Å². The zero-order valence-electron chi connectivity index (χ0n) is 26.5. The molecule has 0 spiro atoms. The lowest BCUT2D eigenvalue weighted by Gasteiger charge is -2.36. The van der Waals surface area contributed by atoms with Gasteiger partial charge in [0.2, 0.25) is 0 Å². The summed E-state index contributed by atoms with van der Waals surface area (Å²) in [7, 11) is 0. The van der Waals surface area contributed by atoms with Gasteiger partial charge in [-0.05, 0) is 52.1 Å². The van der Waals surface area contributed by atoms with Crippen LogP contribution in [-0.4, -0.2) is 32.8 Å². The van der Waals surface area contributed by atoms with E-state index in [9.17, 15) is 15.1 Å². The summed E-state index contributed by atoms with van der Waals surface area (Å²) in [6, 6.07) is 36.8. The predicted octanol–water partition coefficient (Wildman–Crippen LogP) is 6.69. The molecule has 0 radical (unpaired) electrons. The lowest BCUT2D eigenvalue weighted by atomic mass is 9.99. The van der Waals surface area contributed by atoms with E-state index in [0.29, 0.717) is 29.3 Å². The summed E-state index contributed by atoms with van der Waals surface area (Å²) in [5.74, 6) is 0.308. The molecule has 6 aromatic rings. The molecule has 3 atom stereocenters. The van der Waals surface area contributed by atoms with E-state index in [1.807, 2.05) is 97.1 Å². The average molecular weight is 671 g/mol. The molecule has 4 aromatic carbocycles. The van der Waals surface area contributed by atoms with Crippen molar-refractivity contribution in [2.24, 2.45) is 0 Å². The first-order valence-electron chi connectivity index (χ1n) is 16.0. The quantitative estimate of drug-likeness (QED) is 0.0940. The van der Waals surface area contributed by atoms with Gasteiger partial charge in [0.25, 0.3) is 10.9 Å². The molecule has 0 saturated carbocycles. The number of pyridine rings is 1. The van der Waals surface area contributed by atoms with E-state index in [0.717, 1.165) is 43.6 Å². The minimum atomic E-state index is -0.606. The number of carbonyl (C=O) groups is 1. The Morgan fingerprint density at radius 3 is 2.43 bits per heavy atom. The van der Waals surface area contributed by atoms with Crippen molar-refractivity contribution >= 4 is 28.7 Å². The molecule has 1 fully saturated rings. The summed E-state index contributed by atoms with van der Waals surface area (Å²) in [6.07, 6.45) is 2.62. The Morgan fingerprint density at radius 2 is 1.63 bits per heavy atom. The van der Waals surface area contributed by atoms with Crippen LogP contribution in [0, 0.1) is 5.21 Å². The minimum absolute atomic E-state index is 0.0204. The molecule has 246 valence electrons. The highest BCUT2D eigenvalue weighted by Gasteiger charge is 2.32. The molecular formula is C39H34N4O5S.